The molecule has 1 aromatic rings. The van der Waals surface area contributed by atoms with Crippen LogP contribution in [0.5, 0.6) is 0 Å². The van der Waals surface area contributed by atoms with Crippen molar-refractivity contribution in [1.29, 1.82) is 5.26 Å². The molecule has 106 valence electrons. The van der Waals surface area contributed by atoms with E-state index in [1.54, 1.807) is 6.07 Å². The minimum Gasteiger partial charge on any atom is -0.480 e. The second-order valence-electron chi connectivity index (χ2n) is 3.78. The summed E-state index contributed by atoms with van der Waals surface area (Å²) in [5.41, 5.74) is -0.421. The van der Waals surface area contributed by atoms with Crippen LogP contribution in [0.4, 0.5) is 14.9 Å². The normalized spacial score (nSPS) is 11.2. The van der Waals surface area contributed by atoms with E-state index in [0.717, 1.165) is 6.07 Å². The number of nitrogens with zero attached hydrogens (tertiary/aromatic N) is 1. The van der Waals surface area contributed by atoms with Gasteiger partial charge in [-0.05, 0) is 12.1 Å². The first kappa shape index (κ1) is 15.4. The van der Waals surface area contributed by atoms with Gasteiger partial charge in [-0.3, -0.25) is 0 Å². The molecule has 0 heterocycles. The molecule has 0 fully saturated rings. The average Bonchev–Trinajstić information content (AvgIpc) is 2.38. The number of carbonyl (C=O) groups is 2. The molecule has 0 radical (unpaired) electrons. The maximum absolute atomic E-state index is 13.3. The number of hydrogen-bond acceptors (Lipinski definition) is 4. The van der Waals surface area contributed by atoms with Gasteiger partial charge in [0.05, 0.1) is 5.69 Å². The number of nitriles is 1. The second-order valence-corrected chi connectivity index (χ2v) is 3.78. The second kappa shape index (κ2) is 7.06. The molecule has 1 rings (SSSR count). The van der Waals surface area contributed by atoms with E-state index in [2.05, 4.69) is 10.6 Å². The Morgan fingerprint density at radius 3 is 2.70 bits per heavy atom. The lowest BCUT2D eigenvalue weighted by Gasteiger charge is -2.14. The number of amides is 2. The fourth-order valence-electron chi connectivity index (χ4n) is 1.45. The lowest BCUT2D eigenvalue weighted by molar-refractivity contribution is -0.139. The van der Waals surface area contributed by atoms with Crippen LogP contribution in [-0.2, 0) is 4.79 Å². The number of carboxylic acid groups (broad SMARTS) is 1. The van der Waals surface area contributed by atoms with Crippen molar-refractivity contribution in [2.45, 2.75) is 12.5 Å². The zero-order chi connectivity index (χ0) is 15.1. The topological polar surface area (TPSA) is 122 Å². The van der Waals surface area contributed by atoms with E-state index in [1.165, 1.54) is 12.1 Å². The molecule has 4 N–H and O–H groups in total. The Kier molecular flexibility index (Phi) is 5.43. The van der Waals surface area contributed by atoms with Crippen LogP contribution >= 0.6 is 0 Å². The molecule has 20 heavy (non-hydrogen) atoms. The average molecular weight is 281 g/mol. The predicted octanol–water partition coefficient (Wildman–Crippen LogP) is 0.654. The highest BCUT2D eigenvalue weighted by atomic mass is 19.1. The summed E-state index contributed by atoms with van der Waals surface area (Å²) in [6.07, 6.45) is -0.170. The highest BCUT2D eigenvalue weighted by Gasteiger charge is 2.20. The lowest BCUT2D eigenvalue weighted by Crippen LogP contribution is -2.43. The van der Waals surface area contributed by atoms with Crippen molar-refractivity contribution in [3.63, 3.8) is 0 Å². The summed E-state index contributed by atoms with van der Waals surface area (Å²) in [7, 11) is 0. The van der Waals surface area contributed by atoms with E-state index in [0.29, 0.717) is 0 Å². The van der Waals surface area contributed by atoms with Crippen molar-refractivity contribution in [1.82, 2.24) is 5.32 Å². The number of anilines is 1. The molecule has 8 heteroatoms. The maximum Gasteiger partial charge on any atom is 0.326 e. The summed E-state index contributed by atoms with van der Waals surface area (Å²) in [5, 5.41) is 30.5. The van der Waals surface area contributed by atoms with E-state index in [4.69, 9.17) is 15.5 Å². The van der Waals surface area contributed by atoms with Crippen LogP contribution in [0.1, 0.15) is 12.0 Å². The van der Waals surface area contributed by atoms with Gasteiger partial charge < -0.3 is 20.8 Å². The third-order valence-corrected chi connectivity index (χ3v) is 2.39. The van der Waals surface area contributed by atoms with Crippen molar-refractivity contribution in [3.8, 4) is 6.07 Å². The molecule has 1 atom stereocenters. The molecule has 2 amide bonds. The van der Waals surface area contributed by atoms with Crippen LogP contribution in [0.2, 0.25) is 0 Å². The zero-order valence-corrected chi connectivity index (χ0v) is 10.3. The van der Waals surface area contributed by atoms with Crippen molar-refractivity contribution < 1.29 is 24.2 Å². The number of carbonyl (C=O) groups excluding carboxylic acids is 1. The standard InChI is InChI=1S/C12H12FN3O4/c13-8-2-1-3-9(7(8)6-14)15-12(20)16-10(4-5-17)11(18)19/h1-3,10,17H,4-5H2,(H,18,19)(H2,15,16,20)/t10-/m0/s1. The van der Waals surface area contributed by atoms with E-state index in [1.807, 2.05) is 0 Å². The summed E-state index contributed by atoms with van der Waals surface area (Å²) < 4.78 is 13.3. The summed E-state index contributed by atoms with van der Waals surface area (Å²) in [6.45, 7) is -0.416. The molecule has 0 aliphatic carbocycles. The summed E-state index contributed by atoms with van der Waals surface area (Å²) in [6, 6.07) is 3.08. The quantitative estimate of drug-likeness (QED) is 0.631. The van der Waals surface area contributed by atoms with E-state index in [-0.39, 0.29) is 17.7 Å². The SMILES string of the molecule is N#Cc1c(F)cccc1NC(=O)N[C@@H](CCO)C(=O)O. The number of aliphatic hydroxyl groups is 1. The van der Waals surface area contributed by atoms with Crippen LogP contribution in [0.25, 0.3) is 0 Å². The summed E-state index contributed by atoms with van der Waals surface area (Å²) in [5.74, 6) is -2.11. The summed E-state index contributed by atoms with van der Waals surface area (Å²) in [4.78, 5) is 22.4. The molecule has 7 nitrogen and oxygen atoms in total. The van der Waals surface area contributed by atoms with Crippen LogP contribution in [0, 0.1) is 17.1 Å². The third kappa shape index (κ3) is 3.93. The van der Waals surface area contributed by atoms with Crippen LogP contribution < -0.4 is 10.6 Å². The molecular formula is C12H12FN3O4. The van der Waals surface area contributed by atoms with Crippen molar-refractivity contribution in [3.05, 3.63) is 29.6 Å². The molecule has 0 saturated heterocycles. The minimum atomic E-state index is -1.31. The van der Waals surface area contributed by atoms with Gasteiger partial charge >= 0.3 is 12.0 Å². The molecule has 0 saturated carbocycles. The number of nitrogens with one attached hydrogen (secondary N) is 2. The molecular weight excluding hydrogens is 269 g/mol. The van der Waals surface area contributed by atoms with Crippen molar-refractivity contribution in [2.75, 3.05) is 11.9 Å². The Bertz CT molecular complexity index is 556. The van der Waals surface area contributed by atoms with E-state index < -0.39 is 30.5 Å². The Balaban J connectivity index is 2.79. The first-order chi connectivity index (χ1) is 9.49. The number of halogens is 1. The highest BCUT2D eigenvalue weighted by Crippen LogP contribution is 2.17. The van der Waals surface area contributed by atoms with Crippen molar-refractivity contribution >= 4 is 17.7 Å². The Morgan fingerprint density at radius 1 is 1.45 bits per heavy atom. The molecule has 0 aliphatic heterocycles. The smallest absolute Gasteiger partial charge is 0.326 e. The highest BCUT2D eigenvalue weighted by molar-refractivity contribution is 5.93. The van der Waals surface area contributed by atoms with Gasteiger partial charge in [-0.25, -0.2) is 14.0 Å². The van der Waals surface area contributed by atoms with Gasteiger partial charge in [0.1, 0.15) is 23.5 Å². The number of aliphatic hydroxyl groups excluding tert-OH is 1. The molecule has 1 aromatic carbocycles. The maximum atomic E-state index is 13.3. The molecule has 0 bridgehead atoms. The predicted molar refractivity (Wildman–Crippen MR) is 66.4 cm³/mol. The third-order valence-electron chi connectivity index (χ3n) is 2.39. The van der Waals surface area contributed by atoms with Crippen LogP contribution in [-0.4, -0.2) is 34.9 Å². The molecule has 0 unspecified atom stereocenters. The van der Waals surface area contributed by atoms with Gasteiger partial charge in [-0.2, -0.15) is 5.26 Å². The Hall–Kier alpha value is -2.66. The minimum absolute atomic E-state index is 0.0712. The fourth-order valence-corrected chi connectivity index (χ4v) is 1.45. The van der Waals surface area contributed by atoms with Gasteiger partial charge in [0.15, 0.2) is 0 Å². The molecule has 0 aromatic heterocycles. The number of benzene rings is 1. The number of urea groups is 1. The largest absolute Gasteiger partial charge is 0.480 e. The lowest BCUT2D eigenvalue weighted by atomic mass is 10.2. The van der Waals surface area contributed by atoms with Gasteiger partial charge in [-0.1, -0.05) is 6.07 Å². The first-order valence-electron chi connectivity index (χ1n) is 5.59. The van der Waals surface area contributed by atoms with Gasteiger partial charge in [0.25, 0.3) is 0 Å². The summed E-state index contributed by atoms with van der Waals surface area (Å²) >= 11 is 0. The van der Waals surface area contributed by atoms with Gasteiger partial charge in [0.2, 0.25) is 0 Å². The van der Waals surface area contributed by atoms with Crippen molar-refractivity contribution in [2.24, 2.45) is 0 Å². The number of hydrogen-bond donors (Lipinski definition) is 4. The van der Waals surface area contributed by atoms with E-state index >= 15 is 0 Å². The molecule has 0 spiro atoms. The number of rotatable bonds is 5. The van der Waals surface area contributed by atoms with Gasteiger partial charge in [-0.15, -0.1) is 0 Å². The number of aliphatic carboxylic acids is 1. The molecule has 0 aliphatic rings. The Morgan fingerprint density at radius 2 is 2.15 bits per heavy atom. The zero-order valence-electron chi connectivity index (χ0n) is 10.3. The van der Waals surface area contributed by atoms with E-state index in [9.17, 15) is 14.0 Å². The van der Waals surface area contributed by atoms with Crippen LogP contribution in [0.15, 0.2) is 18.2 Å². The first-order valence-corrected chi connectivity index (χ1v) is 5.59. The van der Waals surface area contributed by atoms with Gasteiger partial charge in [0, 0.05) is 13.0 Å². The fraction of sp³-hybridized carbons (Fsp3) is 0.250. The Labute approximate surface area is 113 Å². The monoisotopic (exact) mass is 281 g/mol. The van der Waals surface area contributed by atoms with Crippen LogP contribution in [0.3, 0.4) is 0 Å². The number of carboxylic acids is 1.